The van der Waals surface area contributed by atoms with Crippen molar-refractivity contribution in [2.45, 2.75) is 13.0 Å². The molecule has 2 aromatic rings. The third-order valence-corrected chi connectivity index (χ3v) is 3.75. The molecular formula is C16H14Cl2N2O5. The zero-order chi connectivity index (χ0) is 18.6. The Hall–Kier alpha value is -2.51. The molecular weight excluding hydrogens is 371 g/mol. The fourth-order valence-electron chi connectivity index (χ4n) is 1.95. The maximum atomic E-state index is 12.3. The van der Waals surface area contributed by atoms with Crippen molar-refractivity contribution in [2.75, 3.05) is 12.4 Å². The number of nitro groups is 1. The molecule has 0 spiro atoms. The number of non-ortho nitro benzene ring substituents is 1. The lowest BCUT2D eigenvalue weighted by Gasteiger charge is -2.17. The van der Waals surface area contributed by atoms with Gasteiger partial charge in [0.05, 0.1) is 28.8 Å². The molecule has 0 radical (unpaired) electrons. The van der Waals surface area contributed by atoms with E-state index in [9.17, 15) is 14.9 Å². The number of halogens is 2. The Bertz CT molecular complexity index is 813. The standard InChI is InChI=1S/C16H14Cl2N2O5/c1-9(25-14-6-3-10(17)7-12(14)18)16(21)19-13-5-4-11(20(22)23)8-15(13)24-2/h3-9H,1-2H3,(H,19,21)/t9-/m0/s1. The fraction of sp³-hybridized carbons (Fsp3) is 0.188. The minimum Gasteiger partial charge on any atom is -0.494 e. The molecule has 1 atom stereocenters. The smallest absolute Gasteiger partial charge is 0.273 e. The van der Waals surface area contributed by atoms with Crippen molar-refractivity contribution < 1.29 is 19.2 Å². The van der Waals surface area contributed by atoms with E-state index in [0.717, 1.165) is 0 Å². The number of amides is 1. The van der Waals surface area contributed by atoms with Gasteiger partial charge in [-0.15, -0.1) is 0 Å². The quantitative estimate of drug-likeness (QED) is 0.591. The van der Waals surface area contributed by atoms with Crippen molar-refractivity contribution in [3.05, 3.63) is 56.6 Å². The highest BCUT2D eigenvalue weighted by molar-refractivity contribution is 6.35. The molecule has 0 saturated carbocycles. The number of rotatable bonds is 6. The summed E-state index contributed by atoms with van der Waals surface area (Å²) < 4.78 is 10.6. The second kappa shape index (κ2) is 8.04. The van der Waals surface area contributed by atoms with Crippen LogP contribution in [-0.2, 0) is 4.79 Å². The molecule has 0 bridgehead atoms. The minimum absolute atomic E-state index is 0.146. The lowest BCUT2D eigenvalue weighted by atomic mass is 10.2. The Morgan fingerprint density at radius 3 is 2.52 bits per heavy atom. The molecule has 1 N–H and O–H groups in total. The predicted molar refractivity (Wildman–Crippen MR) is 94.8 cm³/mol. The number of ether oxygens (including phenoxy) is 2. The van der Waals surface area contributed by atoms with Crippen LogP contribution in [0.25, 0.3) is 0 Å². The molecule has 132 valence electrons. The van der Waals surface area contributed by atoms with Crippen molar-refractivity contribution >= 4 is 40.5 Å². The summed E-state index contributed by atoms with van der Waals surface area (Å²) in [4.78, 5) is 22.5. The molecule has 0 saturated heterocycles. The Balaban J connectivity index is 2.11. The molecule has 0 unspecified atom stereocenters. The first-order valence-electron chi connectivity index (χ1n) is 7.07. The van der Waals surface area contributed by atoms with Gasteiger partial charge in [-0.05, 0) is 31.2 Å². The number of carbonyl (C=O) groups excluding carboxylic acids is 1. The molecule has 25 heavy (non-hydrogen) atoms. The van der Waals surface area contributed by atoms with Gasteiger partial charge in [0.25, 0.3) is 11.6 Å². The second-order valence-corrected chi connectivity index (χ2v) is 5.81. The Labute approximate surface area is 153 Å². The second-order valence-electron chi connectivity index (χ2n) is 4.97. The molecule has 9 heteroatoms. The van der Waals surface area contributed by atoms with E-state index in [0.29, 0.717) is 10.8 Å². The van der Waals surface area contributed by atoms with E-state index in [1.807, 2.05) is 0 Å². The number of anilines is 1. The van der Waals surface area contributed by atoms with Gasteiger partial charge in [-0.25, -0.2) is 0 Å². The van der Waals surface area contributed by atoms with Crippen LogP contribution in [-0.4, -0.2) is 24.0 Å². The Morgan fingerprint density at radius 2 is 1.92 bits per heavy atom. The van der Waals surface area contributed by atoms with E-state index in [2.05, 4.69) is 5.32 Å². The maximum Gasteiger partial charge on any atom is 0.273 e. The molecule has 0 aromatic heterocycles. The van der Waals surface area contributed by atoms with E-state index in [1.54, 1.807) is 12.1 Å². The average molecular weight is 385 g/mol. The Morgan fingerprint density at radius 1 is 1.20 bits per heavy atom. The number of benzene rings is 2. The highest BCUT2D eigenvalue weighted by Gasteiger charge is 2.19. The van der Waals surface area contributed by atoms with Gasteiger partial charge in [0.15, 0.2) is 6.10 Å². The first kappa shape index (κ1) is 18.8. The van der Waals surface area contributed by atoms with Crippen LogP contribution in [0.2, 0.25) is 10.0 Å². The minimum atomic E-state index is -0.876. The SMILES string of the molecule is COc1cc([N+](=O)[O-])ccc1NC(=O)[C@H](C)Oc1ccc(Cl)cc1Cl. The molecule has 2 aromatic carbocycles. The average Bonchev–Trinajstić information content (AvgIpc) is 2.57. The van der Waals surface area contributed by atoms with Gasteiger partial charge in [0.2, 0.25) is 0 Å². The van der Waals surface area contributed by atoms with Crippen LogP contribution in [0.3, 0.4) is 0 Å². The van der Waals surface area contributed by atoms with Gasteiger partial charge in [0.1, 0.15) is 11.5 Å². The van der Waals surface area contributed by atoms with Crippen LogP contribution in [0.4, 0.5) is 11.4 Å². The van der Waals surface area contributed by atoms with E-state index in [1.165, 1.54) is 38.3 Å². The number of nitrogens with one attached hydrogen (secondary N) is 1. The van der Waals surface area contributed by atoms with E-state index in [4.69, 9.17) is 32.7 Å². The third kappa shape index (κ3) is 4.74. The highest BCUT2D eigenvalue weighted by Crippen LogP contribution is 2.30. The predicted octanol–water partition coefficient (Wildman–Crippen LogP) is 4.32. The normalized spacial score (nSPS) is 11.5. The van der Waals surface area contributed by atoms with E-state index in [-0.39, 0.29) is 22.1 Å². The van der Waals surface area contributed by atoms with Gasteiger partial charge in [-0.3, -0.25) is 14.9 Å². The lowest BCUT2D eigenvalue weighted by molar-refractivity contribution is -0.384. The largest absolute Gasteiger partial charge is 0.494 e. The zero-order valence-corrected chi connectivity index (χ0v) is 14.8. The fourth-order valence-corrected chi connectivity index (χ4v) is 2.40. The first-order chi connectivity index (χ1) is 11.8. The first-order valence-corrected chi connectivity index (χ1v) is 7.82. The molecule has 7 nitrogen and oxygen atoms in total. The summed E-state index contributed by atoms with van der Waals surface area (Å²) in [6.07, 6.45) is -0.876. The molecule has 1 amide bonds. The van der Waals surface area contributed by atoms with Crippen LogP contribution in [0, 0.1) is 10.1 Å². The summed E-state index contributed by atoms with van der Waals surface area (Å²) in [5.74, 6) is 0.00169. The lowest BCUT2D eigenvalue weighted by Crippen LogP contribution is -2.30. The Kier molecular flexibility index (Phi) is 6.06. The molecule has 0 heterocycles. The topological polar surface area (TPSA) is 90.7 Å². The van der Waals surface area contributed by atoms with Gasteiger partial charge in [0, 0.05) is 11.1 Å². The van der Waals surface area contributed by atoms with Crippen LogP contribution in [0.15, 0.2) is 36.4 Å². The van der Waals surface area contributed by atoms with Gasteiger partial charge >= 0.3 is 0 Å². The number of methoxy groups -OCH3 is 1. The number of hydrogen-bond acceptors (Lipinski definition) is 5. The number of carbonyl (C=O) groups is 1. The molecule has 0 fully saturated rings. The summed E-state index contributed by atoms with van der Waals surface area (Å²) in [6, 6.07) is 8.52. The summed E-state index contributed by atoms with van der Waals surface area (Å²) in [5, 5.41) is 14.1. The van der Waals surface area contributed by atoms with Crippen LogP contribution in [0.5, 0.6) is 11.5 Å². The third-order valence-electron chi connectivity index (χ3n) is 3.22. The molecule has 2 rings (SSSR count). The van der Waals surface area contributed by atoms with Crippen LogP contribution < -0.4 is 14.8 Å². The highest BCUT2D eigenvalue weighted by atomic mass is 35.5. The summed E-state index contributed by atoms with van der Waals surface area (Å²) >= 11 is 11.8. The van der Waals surface area contributed by atoms with Crippen molar-refractivity contribution in [3.63, 3.8) is 0 Å². The molecule has 0 aliphatic rings. The monoisotopic (exact) mass is 384 g/mol. The molecule has 0 aliphatic heterocycles. The van der Waals surface area contributed by atoms with Crippen LogP contribution in [0.1, 0.15) is 6.92 Å². The van der Waals surface area contributed by atoms with Gasteiger partial charge < -0.3 is 14.8 Å². The van der Waals surface area contributed by atoms with Crippen molar-refractivity contribution in [2.24, 2.45) is 0 Å². The van der Waals surface area contributed by atoms with Crippen molar-refractivity contribution in [1.29, 1.82) is 0 Å². The summed E-state index contributed by atoms with van der Waals surface area (Å²) in [5.41, 5.74) is 0.142. The zero-order valence-electron chi connectivity index (χ0n) is 13.3. The molecule has 0 aliphatic carbocycles. The number of hydrogen-bond donors (Lipinski definition) is 1. The number of nitrogens with zero attached hydrogens (tertiary/aromatic N) is 1. The van der Waals surface area contributed by atoms with Crippen LogP contribution >= 0.6 is 23.2 Å². The van der Waals surface area contributed by atoms with Gasteiger partial charge in [-0.1, -0.05) is 23.2 Å². The van der Waals surface area contributed by atoms with Crippen molar-refractivity contribution in [1.82, 2.24) is 0 Å². The summed E-state index contributed by atoms with van der Waals surface area (Å²) in [7, 11) is 1.35. The number of nitro benzene ring substituents is 1. The van der Waals surface area contributed by atoms with E-state index < -0.39 is 16.9 Å². The maximum absolute atomic E-state index is 12.3. The van der Waals surface area contributed by atoms with E-state index >= 15 is 0 Å². The van der Waals surface area contributed by atoms with Gasteiger partial charge in [-0.2, -0.15) is 0 Å². The summed E-state index contributed by atoms with van der Waals surface area (Å²) in [6.45, 7) is 1.54. The van der Waals surface area contributed by atoms with Crippen molar-refractivity contribution in [3.8, 4) is 11.5 Å².